The SMILES string of the molecule is COCC(=O)Nc1c(C(=O)OC)n(CCc2ccc(OC)cc2)c2ncc(NC(C)C)cc12. The van der Waals surface area contributed by atoms with Crippen LogP contribution in [0.25, 0.3) is 11.0 Å². The summed E-state index contributed by atoms with van der Waals surface area (Å²) in [6.07, 6.45) is 2.35. The van der Waals surface area contributed by atoms with Crippen LogP contribution in [-0.2, 0) is 27.2 Å². The van der Waals surface area contributed by atoms with Crippen molar-refractivity contribution in [3.8, 4) is 5.75 Å². The first-order valence-electron chi connectivity index (χ1n) is 10.7. The third-order valence-corrected chi connectivity index (χ3v) is 5.06. The molecule has 1 aromatic carbocycles. The molecule has 2 aromatic heterocycles. The minimum absolute atomic E-state index is 0.142. The minimum Gasteiger partial charge on any atom is -0.497 e. The van der Waals surface area contributed by atoms with Gasteiger partial charge in [0, 0.05) is 25.1 Å². The second-order valence-corrected chi connectivity index (χ2v) is 7.84. The van der Waals surface area contributed by atoms with Crippen LogP contribution in [0.4, 0.5) is 11.4 Å². The number of methoxy groups -OCH3 is 3. The molecule has 0 aliphatic heterocycles. The van der Waals surface area contributed by atoms with E-state index in [0.717, 1.165) is 17.0 Å². The summed E-state index contributed by atoms with van der Waals surface area (Å²) in [5.74, 6) is -0.164. The molecule has 3 aromatic rings. The fourth-order valence-corrected chi connectivity index (χ4v) is 3.63. The highest BCUT2D eigenvalue weighted by molar-refractivity contribution is 6.11. The summed E-state index contributed by atoms with van der Waals surface area (Å²) < 4.78 is 17.0. The second kappa shape index (κ2) is 10.8. The summed E-state index contributed by atoms with van der Waals surface area (Å²) in [6, 6.07) is 9.80. The van der Waals surface area contributed by atoms with Crippen LogP contribution < -0.4 is 15.4 Å². The molecule has 0 aliphatic rings. The number of carbonyl (C=O) groups excluding carboxylic acids is 2. The minimum atomic E-state index is -0.561. The first kappa shape index (κ1) is 24.1. The Morgan fingerprint density at radius 2 is 1.85 bits per heavy atom. The van der Waals surface area contributed by atoms with E-state index < -0.39 is 5.97 Å². The normalized spacial score (nSPS) is 11.0. The van der Waals surface area contributed by atoms with Crippen molar-refractivity contribution in [1.82, 2.24) is 9.55 Å². The van der Waals surface area contributed by atoms with E-state index in [0.29, 0.717) is 29.7 Å². The number of aryl methyl sites for hydroxylation is 2. The van der Waals surface area contributed by atoms with Gasteiger partial charge < -0.3 is 29.4 Å². The Morgan fingerprint density at radius 1 is 1.12 bits per heavy atom. The highest BCUT2D eigenvalue weighted by atomic mass is 16.5. The number of anilines is 2. The average Bonchev–Trinajstić information content (AvgIpc) is 3.09. The third kappa shape index (κ3) is 5.61. The smallest absolute Gasteiger partial charge is 0.356 e. The maximum absolute atomic E-state index is 12.8. The van der Waals surface area contributed by atoms with Crippen LogP contribution in [0, 0.1) is 0 Å². The summed E-state index contributed by atoms with van der Waals surface area (Å²) in [5, 5.41) is 6.76. The van der Waals surface area contributed by atoms with Crippen LogP contribution in [0.5, 0.6) is 5.75 Å². The van der Waals surface area contributed by atoms with Crippen LogP contribution in [0.1, 0.15) is 29.9 Å². The number of rotatable bonds is 10. The molecule has 1 amide bonds. The monoisotopic (exact) mass is 454 g/mol. The standard InChI is InChI=1S/C24H30N4O5/c1-15(2)26-17-12-19-21(27-20(29)14-31-3)22(24(30)33-5)28(23(19)25-13-17)11-10-16-6-8-18(32-4)9-7-16/h6-9,12-13,15,26H,10-11,14H2,1-5H3,(H,27,29). The van der Waals surface area contributed by atoms with Gasteiger partial charge in [0.15, 0.2) is 5.69 Å². The fourth-order valence-electron chi connectivity index (χ4n) is 3.63. The lowest BCUT2D eigenvalue weighted by Crippen LogP contribution is -2.20. The molecule has 33 heavy (non-hydrogen) atoms. The molecule has 0 fully saturated rings. The Hall–Kier alpha value is -3.59. The van der Waals surface area contributed by atoms with Crippen LogP contribution in [0.3, 0.4) is 0 Å². The zero-order chi connectivity index (χ0) is 24.0. The number of ether oxygens (including phenoxy) is 3. The molecule has 0 saturated carbocycles. The predicted molar refractivity (Wildman–Crippen MR) is 127 cm³/mol. The van der Waals surface area contributed by atoms with Gasteiger partial charge in [-0.1, -0.05) is 12.1 Å². The van der Waals surface area contributed by atoms with Crippen LogP contribution in [0.15, 0.2) is 36.5 Å². The van der Waals surface area contributed by atoms with Crippen molar-refractivity contribution >= 4 is 34.3 Å². The van der Waals surface area contributed by atoms with Gasteiger partial charge in [0.1, 0.15) is 18.0 Å². The number of pyridine rings is 1. The van der Waals surface area contributed by atoms with Crippen LogP contribution in [0.2, 0.25) is 0 Å². The van der Waals surface area contributed by atoms with E-state index in [1.807, 2.05) is 44.2 Å². The van der Waals surface area contributed by atoms with Gasteiger partial charge in [-0.15, -0.1) is 0 Å². The number of fused-ring (bicyclic) bond motifs is 1. The lowest BCUT2D eigenvalue weighted by atomic mass is 10.1. The molecule has 176 valence electrons. The summed E-state index contributed by atoms with van der Waals surface area (Å²) >= 11 is 0. The number of nitrogens with zero attached hydrogens (tertiary/aromatic N) is 2. The van der Waals surface area contributed by atoms with Crippen molar-refractivity contribution in [2.24, 2.45) is 0 Å². The van der Waals surface area contributed by atoms with Crippen LogP contribution in [-0.4, -0.2) is 55.4 Å². The molecule has 0 bridgehead atoms. The van der Waals surface area contributed by atoms with Gasteiger partial charge >= 0.3 is 5.97 Å². The Morgan fingerprint density at radius 3 is 2.45 bits per heavy atom. The Bertz CT molecular complexity index is 1120. The second-order valence-electron chi connectivity index (χ2n) is 7.84. The maximum Gasteiger partial charge on any atom is 0.356 e. The van der Waals surface area contributed by atoms with E-state index in [1.165, 1.54) is 14.2 Å². The Labute approximate surface area is 193 Å². The van der Waals surface area contributed by atoms with E-state index in [9.17, 15) is 9.59 Å². The van der Waals surface area contributed by atoms with E-state index in [2.05, 4.69) is 15.6 Å². The molecular formula is C24H30N4O5. The first-order chi connectivity index (χ1) is 15.9. The summed E-state index contributed by atoms with van der Waals surface area (Å²) in [7, 11) is 4.37. The fraction of sp³-hybridized carbons (Fsp3) is 0.375. The van der Waals surface area contributed by atoms with Crippen molar-refractivity contribution < 1.29 is 23.8 Å². The van der Waals surface area contributed by atoms with Gasteiger partial charge in [-0.05, 0) is 44.0 Å². The number of hydrogen-bond donors (Lipinski definition) is 2. The lowest BCUT2D eigenvalue weighted by molar-refractivity contribution is -0.119. The largest absolute Gasteiger partial charge is 0.497 e. The third-order valence-electron chi connectivity index (χ3n) is 5.06. The van der Waals surface area contributed by atoms with Crippen molar-refractivity contribution in [2.75, 3.05) is 38.6 Å². The molecule has 2 N–H and O–H groups in total. The molecule has 0 spiro atoms. The Kier molecular flexibility index (Phi) is 7.89. The van der Waals surface area contributed by atoms with Crippen LogP contribution >= 0.6 is 0 Å². The molecule has 3 rings (SSSR count). The topological polar surface area (TPSA) is 104 Å². The molecular weight excluding hydrogens is 424 g/mol. The van der Waals surface area contributed by atoms with E-state index >= 15 is 0 Å². The average molecular weight is 455 g/mol. The van der Waals surface area contributed by atoms with E-state index in [-0.39, 0.29) is 24.2 Å². The van der Waals surface area contributed by atoms with Gasteiger partial charge in [-0.25, -0.2) is 9.78 Å². The first-order valence-corrected chi connectivity index (χ1v) is 10.7. The molecule has 0 aliphatic carbocycles. The number of aromatic nitrogens is 2. The molecule has 2 heterocycles. The number of hydrogen-bond acceptors (Lipinski definition) is 7. The van der Waals surface area contributed by atoms with Gasteiger partial charge in [-0.2, -0.15) is 0 Å². The number of nitrogens with one attached hydrogen (secondary N) is 2. The Balaban J connectivity index is 2.09. The highest BCUT2D eigenvalue weighted by Crippen LogP contribution is 2.33. The van der Waals surface area contributed by atoms with Gasteiger partial charge in [-0.3, -0.25) is 4.79 Å². The molecule has 0 saturated heterocycles. The van der Waals surface area contributed by atoms with Crippen molar-refractivity contribution in [2.45, 2.75) is 32.9 Å². The van der Waals surface area contributed by atoms with E-state index in [1.54, 1.807) is 17.9 Å². The number of benzene rings is 1. The van der Waals surface area contributed by atoms with Crippen molar-refractivity contribution in [3.05, 3.63) is 47.8 Å². The molecule has 0 unspecified atom stereocenters. The highest BCUT2D eigenvalue weighted by Gasteiger charge is 2.26. The summed E-state index contributed by atoms with van der Waals surface area (Å²) in [5.41, 5.74) is 3.01. The molecule has 9 nitrogen and oxygen atoms in total. The summed E-state index contributed by atoms with van der Waals surface area (Å²) in [6.45, 7) is 4.35. The lowest BCUT2D eigenvalue weighted by Gasteiger charge is -2.11. The zero-order valence-electron chi connectivity index (χ0n) is 19.6. The van der Waals surface area contributed by atoms with Crippen molar-refractivity contribution in [3.63, 3.8) is 0 Å². The number of carbonyl (C=O) groups is 2. The quantitative estimate of drug-likeness (QED) is 0.452. The van der Waals surface area contributed by atoms with Gasteiger partial charge in [0.25, 0.3) is 0 Å². The molecule has 0 atom stereocenters. The van der Waals surface area contributed by atoms with Gasteiger partial charge in [0.2, 0.25) is 5.91 Å². The van der Waals surface area contributed by atoms with Crippen molar-refractivity contribution in [1.29, 1.82) is 0 Å². The predicted octanol–water partition coefficient (Wildman–Crippen LogP) is 3.48. The maximum atomic E-state index is 12.8. The molecule has 9 heteroatoms. The van der Waals surface area contributed by atoms with Gasteiger partial charge in [0.05, 0.1) is 31.8 Å². The zero-order valence-corrected chi connectivity index (χ0v) is 19.6. The molecule has 0 radical (unpaired) electrons. The number of amides is 1. The number of esters is 1. The summed E-state index contributed by atoms with van der Waals surface area (Å²) in [4.78, 5) is 29.8. The van der Waals surface area contributed by atoms with E-state index in [4.69, 9.17) is 14.2 Å².